The smallest absolute Gasteiger partial charge is 0.322 e. The van der Waals surface area contributed by atoms with Crippen LogP contribution in [0.2, 0.25) is 5.02 Å². The molecule has 0 aliphatic carbocycles. The molecule has 8 heteroatoms. The molecule has 1 N–H and O–H groups in total. The Bertz CT molecular complexity index is 928. The molecule has 0 radical (unpaired) electrons. The largest absolute Gasteiger partial charge is 0.485 e. The molecule has 0 saturated heterocycles. The molecule has 1 atom stereocenters. The lowest BCUT2D eigenvalue weighted by Crippen LogP contribution is -2.21. The number of carbonyl (C=O) groups excluding carboxylic acids is 1. The highest BCUT2D eigenvalue weighted by Crippen LogP contribution is 2.35. The van der Waals surface area contributed by atoms with E-state index in [1.165, 1.54) is 0 Å². The van der Waals surface area contributed by atoms with Gasteiger partial charge in [-0.25, -0.2) is 0 Å². The number of nitrogens with zero attached hydrogens (tertiary/aromatic N) is 2. The van der Waals surface area contributed by atoms with Crippen LogP contribution in [0, 0.1) is 0 Å². The van der Waals surface area contributed by atoms with Crippen molar-refractivity contribution in [2.75, 3.05) is 11.9 Å². The molecule has 126 valence electrons. The number of hydrogen-bond donors (Lipinski definition) is 1. The van der Waals surface area contributed by atoms with E-state index in [1.807, 2.05) is 18.2 Å². The van der Waals surface area contributed by atoms with Crippen molar-refractivity contribution in [1.29, 1.82) is 0 Å². The maximum atomic E-state index is 12.2. The van der Waals surface area contributed by atoms with Crippen LogP contribution in [-0.4, -0.2) is 22.7 Å². The zero-order valence-corrected chi connectivity index (χ0v) is 13.6. The molecule has 1 aliphatic rings. The summed E-state index contributed by atoms with van der Waals surface area (Å²) in [7, 11) is 0. The van der Waals surface area contributed by atoms with Crippen LogP contribution < -0.4 is 14.8 Å². The van der Waals surface area contributed by atoms with Crippen LogP contribution >= 0.6 is 11.6 Å². The summed E-state index contributed by atoms with van der Waals surface area (Å²) >= 11 is 5.88. The number of rotatable bonds is 3. The summed E-state index contributed by atoms with van der Waals surface area (Å²) < 4.78 is 16.9. The number of hydrogen-bond acceptors (Lipinski definition) is 6. The van der Waals surface area contributed by atoms with Gasteiger partial charge in [-0.15, -0.1) is 5.10 Å². The van der Waals surface area contributed by atoms with Crippen molar-refractivity contribution in [2.24, 2.45) is 0 Å². The van der Waals surface area contributed by atoms with Gasteiger partial charge >= 0.3 is 6.01 Å². The van der Waals surface area contributed by atoms with Gasteiger partial charge in [0.2, 0.25) is 6.10 Å². The second kappa shape index (κ2) is 6.45. The predicted octanol–water partition coefficient (Wildman–Crippen LogP) is 3.49. The van der Waals surface area contributed by atoms with Gasteiger partial charge in [-0.2, -0.15) is 0 Å². The minimum Gasteiger partial charge on any atom is -0.485 e. The van der Waals surface area contributed by atoms with Gasteiger partial charge in [0, 0.05) is 10.6 Å². The number of nitrogens with one attached hydrogen (secondary N) is 1. The standard InChI is InChI=1S/C17H12ClN3O4/c18-11-5-3-4-10(8-11)15(22)19-17-21-20-16(25-17)14-9-23-12-6-1-2-7-13(12)24-14/h1-8,14H,9H2,(H,19,21,22)/t14-/m1/s1. The molecule has 3 aromatic rings. The molecule has 0 fully saturated rings. The lowest BCUT2D eigenvalue weighted by molar-refractivity contribution is 0.0716. The molecule has 1 amide bonds. The van der Waals surface area contributed by atoms with Gasteiger partial charge in [-0.3, -0.25) is 10.1 Å². The van der Waals surface area contributed by atoms with E-state index in [-0.39, 0.29) is 18.5 Å². The van der Waals surface area contributed by atoms with Crippen LogP contribution in [0.5, 0.6) is 11.5 Å². The van der Waals surface area contributed by atoms with Gasteiger partial charge in [0.05, 0.1) is 0 Å². The zero-order valence-electron chi connectivity index (χ0n) is 12.8. The van der Waals surface area contributed by atoms with Crippen molar-refractivity contribution in [3.05, 3.63) is 65.0 Å². The van der Waals surface area contributed by atoms with E-state index in [4.69, 9.17) is 25.5 Å². The maximum Gasteiger partial charge on any atom is 0.322 e. The Morgan fingerprint density at radius 1 is 1.12 bits per heavy atom. The summed E-state index contributed by atoms with van der Waals surface area (Å²) in [6.07, 6.45) is -0.542. The van der Waals surface area contributed by atoms with Crippen molar-refractivity contribution in [3.63, 3.8) is 0 Å². The normalized spacial score (nSPS) is 15.6. The molecule has 2 heterocycles. The number of halogens is 1. The first-order valence-corrected chi connectivity index (χ1v) is 7.85. The molecule has 7 nitrogen and oxygen atoms in total. The molecule has 0 spiro atoms. The number of ether oxygens (including phenoxy) is 2. The van der Waals surface area contributed by atoms with Crippen LogP contribution in [0.15, 0.2) is 52.9 Å². The van der Waals surface area contributed by atoms with Crippen LogP contribution in [0.25, 0.3) is 0 Å². The van der Waals surface area contributed by atoms with E-state index in [9.17, 15) is 4.79 Å². The minimum absolute atomic E-state index is 0.0255. The number of anilines is 1. The second-order valence-electron chi connectivity index (χ2n) is 5.27. The highest BCUT2D eigenvalue weighted by molar-refractivity contribution is 6.31. The summed E-state index contributed by atoms with van der Waals surface area (Å²) in [5.74, 6) is 1.08. The van der Waals surface area contributed by atoms with Crippen molar-refractivity contribution < 1.29 is 18.7 Å². The van der Waals surface area contributed by atoms with Gasteiger partial charge < -0.3 is 13.9 Å². The third kappa shape index (κ3) is 3.27. The Morgan fingerprint density at radius 3 is 2.80 bits per heavy atom. The molecular weight excluding hydrogens is 346 g/mol. The summed E-state index contributed by atoms with van der Waals surface area (Å²) in [6, 6.07) is 13.8. The van der Waals surface area contributed by atoms with E-state index in [1.54, 1.807) is 30.3 Å². The Morgan fingerprint density at radius 2 is 1.96 bits per heavy atom. The topological polar surface area (TPSA) is 86.5 Å². The van der Waals surface area contributed by atoms with E-state index in [0.29, 0.717) is 22.1 Å². The summed E-state index contributed by atoms with van der Waals surface area (Å²) in [5.41, 5.74) is 0.387. The van der Waals surface area contributed by atoms with Gasteiger partial charge in [0.1, 0.15) is 6.61 Å². The first-order chi connectivity index (χ1) is 12.2. The fourth-order valence-electron chi connectivity index (χ4n) is 2.36. The van der Waals surface area contributed by atoms with Crippen molar-refractivity contribution in [1.82, 2.24) is 10.2 Å². The van der Waals surface area contributed by atoms with Crippen LogP contribution in [0.3, 0.4) is 0 Å². The number of fused-ring (bicyclic) bond motifs is 1. The monoisotopic (exact) mass is 357 g/mol. The Kier molecular flexibility index (Phi) is 3.99. The molecular formula is C17H12ClN3O4. The molecule has 2 aromatic carbocycles. The molecule has 0 saturated carbocycles. The number of amides is 1. The van der Waals surface area contributed by atoms with Crippen molar-refractivity contribution in [2.45, 2.75) is 6.10 Å². The van der Waals surface area contributed by atoms with Gasteiger partial charge in [0.15, 0.2) is 11.5 Å². The van der Waals surface area contributed by atoms with Gasteiger partial charge in [-0.05, 0) is 30.3 Å². The van der Waals surface area contributed by atoms with E-state index < -0.39 is 12.0 Å². The SMILES string of the molecule is O=C(Nc1nnc([C@H]2COc3ccccc3O2)o1)c1cccc(Cl)c1. The van der Waals surface area contributed by atoms with Crippen molar-refractivity contribution in [3.8, 4) is 11.5 Å². The van der Waals surface area contributed by atoms with Crippen LogP contribution in [0.4, 0.5) is 6.01 Å². The number of benzene rings is 2. The summed E-state index contributed by atoms with van der Waals surface area (Å²) in [5, 5.41) is 10.7. The lowest BCUT2D eigenvalue weighted by atomic mass is 10.2. The first-order valence-electron chi connectivity index (χ1n) is 7.48. The Hall–Kier alpha value is -3.06. The second-order valence-corrected chi connectivity index (χ2v) is 5.71. The number of para-hydroxylation sites is 2. The Labute approximate surface area is 147 Å². The maximum absolute atomic E-state index is 12.2. The molecule has 1 aromatic heterocycles. The molecule has 25 heavy (non-hydrogen) atoms. The highest BCUT2D eigenvalue weighted by Gasteiger charge is 2.27. The highest BCUT2D eigenvalue weighted by atomic mass is 35.5. The van der Waals surface area contributed by atoms with Gasteiger partial charge in [0.25, 0.3) is 11.8 Å². The van der Waals surface area contributed by atoms with Crippen LogP contribution in [0.1, 0.15) is 22.4 Å². The summed E-state index contributed by atoms with van der Waals surface area (Å²) in [6.45, 7) is 0.237. The molecule has 0 unspecified atom stereocenters. The minimum atomic E-state index is -0.542. The summed E-state index contributed by atoms with van der Waals surface area (Å²) in [4.78, 5) is 12.2. The molecule has 4 rings (SSSR count). The van der Waals surface area contributed by atoms with Gasteiger partial charge in [-0.1, -0.05) is 34.9 Å². The average molecular weight is 358 g/mol. The van der Waals surface area contributed by atoms with E-state index in [0.717, 1.165) is 0 Å². The lowest BCUT2D eigenvalue weighted by Gasteiger charge is -2.23. The number of carbonyl (C=O) groups is 1. The first kappa shape index (κ1) is 15.5. The quantitative estimate of drug-likeness (QED) is 0.772. The van der Waals surface area contributed by atoms with E-state index >= 15 is 0 Å². The average Bonchev–Trinajstić information content (AvgIpc) is 3.10. The third-order valence-electron chi connectivity index (χ3n) is 3.53. The van der Waals surface area contributed by atoms with E-state index in [2.05, 4.69) is 15.5 Å². The van der Waals surface area contributed by atoms with Crippen LogP contribution in [-0.2, 0) is 0 Å². The fraction of sp³-hybridized carbons (Fsp3) is 0.118. The molecule has 0 bridgehead atoms. The zero-order chi connectivity index (χ0) is 17.2. The van der Waals surface area contributed by atoms with Crippen molar-refractivity contribution >= 4 is 23.5 Å². The number of aromatic nitrogens is 2. The predicted molar refractivity (Wildman–Crippen MR) is 89.0 cm³/mol. The fourth-order valence-corrected chi connectivity index (χ4v) is 2.55. The molecule has 1 aliphatic heterocycles. The Balaban J connectivity index is 1.47. The third-order valence-corrected chi connectivity index (χ3v) is 3.77.